The summed E-state index contributed by atoms with van der Waals surface area (Å²) >= 11 is 6.33. The minimum atomic E-state index is -0.377. The molecule has 8 nitrogen and oxygen atoms in total. The van der Waals surface area contributed by atoms with Gasteiger partial charge in [-0.05, 0) is 48.5 Å². The number of hydrogen-bond acceptors (Lipinski definition) is 6. The van der Waals surface area contributed by atoms with Crippen molar-refractivity contribution < 1.29 is 9.18 Å². The third-order valence-electron chi connectivity index (χ3n) is 5.98. The highest BCUT2D eigenvalue weighted by Gasteiger charge is 2.23. The van der Waals surface area contributed by atoms with Crippen molar-refractivity contribution in [2.24, 2.45) is 4.99 Å². The van der Waals surface area contributed by atoms with Crippen molar-refractivity contribution in [2.75, 3.05) is 19.4 Å². The van der Waals surface area contributed by atoms with E-state index in [4.69, 9.17) is 27.0 Å². The SMILES string of the molecule is C.CN(C)C(=N)NC(=O)c1ccc(Nc2ncc3c(n2)-c2ccc(Cl)cc2C(c2ccccc2F)=NC3)cc1. The molecule has 198 valence electrons. The Morgan fingerprint density at radius 2 is 1.77 bits per heavy atom. The van der Waals surface area contributed by atoms with E-state index in [2.05, 4.69) is 15.6 Å². The van der Waals surface area contributed by atoms with Gasteiger partial charge in [-0.15, -0.1) is 0 Å². The number of fused-ring (bicyclic) bond motifs is 3. The quantitative estimate of drug-likeness (QED) is 0.220. The summed E-state index contributed by atoms with van der Waals surface area (Å²) < 4.78 is 14.7. The van der Waals surface area contributed by atoms with Crippen LogP contribution in [0.5, 0.6) is 0 Å². The first-order valence-electron chi connectivity index (χ1n) is 11.7. The molecule has 5 rings (SSSR count). The maximum absolute atomic E-state index is 14.7. The summed E-state index contributed by atoms with van der Waals surface area (Å²) in [4.78, 5) is 27.8. The van der Waals surface area contributed by atoms with Crippen molar-refractivity contribution >= 4 is 40.8 Å². The first-order valence-corrected chi connectivity index (χ1v) is 12.1. The number of benzene rings is 3. The molecule has 0 atom stereocenters. The standard InChI is InChI=1S/C28H23ClFN7O.CH4/c1-37(2)27(31)36-26(38)16-7-10-19(11-8-16)34-28-33-15-17-14-32-25(21-5-3-4-6-23(21)30)22-13-18(29)9-12-20(22)24(17)35-28;/h3-13,15H,14H2,1-2H3,(H2,31,36,38)(H,33,34,35);1H4. The van der Waals surface area contributed by atoms with Gasteiger partial charge in [0.05, 0.1) is 18.0 Å². The average molecular weight is 544 g/mol. The van der Waals surface area contributed by atoms with Crippen LogP contribution in [0.4, 0.5) is 16.0 Å². The lowest BCUT2D eigenvalue weighted by Gasteiger charge is -2.14. The van der Waals surface area contributed by atoms with E-state index in [9.17, 15) is 9.18 Å². The Hall–Kier alpha value is -4.63. The molecule has 1 amide bonds. The van der Waals surface area contributed by atoms with E-state index in [1.54, 1.807) is 74.9 Å². The Bertz CT molecular complexity index is 1590. The van der Waals surface area contributed by atoms with Gasteiger partial charge in [-0.3, -0.25) is 20.5 Å². The number of aromatic nitrogens is 2. The van der Waals surface area contributed by atoms with Crippen LogP contribution in [0.1, 0.15) is 34.5 Å². The third kappa shape index (κ3) is 5.78. The number of carbonyl (C=O) groups is 1. The van der Waals surface area contributed by atoms with Crippen LogP contribution in [-0.2, 0) is 6.54 Å². The summed E-state index contributed by atoms with van der Waals surface area (Å²) in [5.74, 6) is -0.394. The van der Waals surface area contributed by atoms with Crippen LogP contribution < -0.4 is 10.6 Å². The minimum absolute atomic E-state index is 0. The van der Waals surface area contributed by atoms with E-state index in [0.717, 1.165) is 11.1 Å². The molecule has 2 heterocycles. The number of rotatable bonds is 4. The van der Waals surface area contributed by atoms with Crippen molar-refractivity contribution in [1.82, 2.24) is 20.2 Å². The summed E-state index contributed by atoms with van der Waals surface area (Å²) in [5.41, 5.74) is 4.90. The Labute approximate surface area is 231 Å². The number of carbonyl (C=O) groups excluding carboxylic acids is 1. The molecule has 1 aromatic heterocycles. The van der Waals surface area contributed by atoms with Crippen molar-refractivity contribution in [2.45, 2.75) is 14.0 Å². The molecule has 0 fully saturated rings. The normalized spacial score (nSPS) is 11.6. The molecular formula is C29H27ClFN7O. The van der Waals surface area contributed by atoms with Crippen LogP contribution in [0.15, 0.2) is 77.9 Å². The second kappa shape index (κ2) is 11.4. The molecule has 0 saturated carbocycles. The zero-order valence-corrected chi connectivity index (χ0v) is 21.3. The number of anilines is 2. The fourth-order valence-corrected chi connectivity index (χ4v) is 4.17. The summed E-state index contributed by atoms with van der Waals surface area (Å²) in [5, 5.41) is 14.0. The molecule has 0 saturated heterocycles. The lowest BCUT2D eigenvalue weighted by atomic mass is 9.95. The molecule has 0 aliphatic carbocycles. The minimum Gasteiger partial charge on any atom is -0.349 e. The number of hydrogen-bond donors (Lipinski definition) is 3. The highest BCUT2D eigenvalue weighted by molar-refractivity contribution is 6.31. The highest BCUT2D eigenvalue weighted by Crippen LogP contribution is 2.34. The predicted molar refractivity (Wildman–Crippen MR) is 154 cm³/mol. The summed E-state index contributed by atoms with van der Waals surface area (Å²) in [6.07, 6.45) is 1.70. The van der Waals surface area contributed by atoms with Gasteiger partial charge in [-0.1, -0.05) is 37.2 Å². The number of guanidine groups is 1. The summed E-state index contributed by atoms with van der Waals surface area (Å²) in [6, 6.07) is 18.7. The van der Waals surface area contributed by atoms with Crippen molar-refractivity contribution in [3.63, 3.8) is 0 Å². The van der Waals surface area contributed by atoms with Crippen LogP contribution >= 0.6 is 11.6 Å². The van der Waals surface area contributed by atoms with Gasteiger partial charge in [0, 0.05) is 58.8 Å². The van der Waals surface area contributed by atoms with Crippen LogP contribution in [0.25, 0.3) is 11.3 Å². The molecular weight excluding hydrogens is 517 g/mol. The van der Waals surface area contributed by atoms with Crippen molar-refractivity contribution in [1.29, 1.82) is 5.41 Å². The summed E-state index contributed by atoms with van der Waals surface area (Å²) in [6.45, 7) is 0.275. The fourth-order valence-electron chi connectivity index (χ4n) is 3.99. The second-order valence-electron chi connectivity index (χ2n) is 8.80. The molecule has 0 radical (unpaired) electrons. The zero-order chi connectivity index (χ0) is 26.8. The first-order chi connectivity index (χ1) is 18.3. The van der Waals surface area contributed by atoms with Crippen LogP contribution in [0.3, 0.4) is 0 Å². The van der Waals surface area contributed by atoms with Gasteiger partial charge in [0.25, 0.3) is 5.91 Å². The number of nitrogens with one attached hydrogen (secondary N) is 3. The van der Waals surface area contributed by atoms with Gasteiger partial charge < -0.3 is 10.2 Å². The topological polar surface area (TPSA) is 106 Å². The number of nitrogens with zero attached hydrogens (tertiary/aromatic N) is 4. The third-order valence-corrected chi connectivity index (χ3v) is 6.21. The van der Waals surface area contributed by atoms with Gasteiger partial charge in [-0.2, -0.15) is 0 Å². The molecule has 0 unspecified atom stereocenters. The molecule has 10 heteroatoms. The number of amides is 1. The van der Waals surface area contributed by atoms with Crippen LogP contribution in [0, 0.1) is 11.2 Å². The summed E-state index contributed by atoms with van der Waals surface area (Å²) in [7, 11) is 3.35. The predicted octanol–water partition coefficient (Wildman–Crippen LogP) is 5.89. The van der Waals surface area contributed by atoms with E-state index in [-0.39, 0.29) is 31.7 Å². The Morgan fingerprint density at radius 1 is 1.03 bits per heavy atom. The van der Waals surface area contributed by atoms with Crippen molar-refractivity contribution in [3.8, 4) is 11.3 Å². The molecule has 3 aromatic carbocycles. The molecule has 39 heavy (non-hydrogen) atoms. The van der Waals surface area contributed by atoms with Crippen LogP contribution in [0.2, 0.25) is 5.02 Å². The molecule has 3 N–H and O–H groups in total. The smallest absolute Gasteiger partial charge is 0.257 e. The maximum atomic E-state index is 14.7. The fraction of sp³-hybridized carbons (Fsp3) is 0.138. The Morgan fingerprint density at radius 3 is 2.49 bits per heavy atom. The highest BCUT2D eigenvalue weighted by atomic mass is 35.5. The Kier molecular flexibility index (Phi) is 8.01. The molecule has 0 spiro atoms. The zero-order valence-electron chi connectivity index (χ0n) is 20.6. The monoisotopic (exact) mass is 543 g/mol. The van der Waals surface area contributed by atoms with Gasteiger partial charge in [-0.25, -0.2) is 14.4 Å². The van der Waals surface area contributed by atoms with Gasteiger partial charge in [0.1, 0.15) is 5.82 Å². The van der Waals surface area contributed by atoms with Gasteiger partial charge in [0.2, 0.25) is 5.95 Å². The molecule has 1 aliphatic rings. The van der Waals surface area contributed by atoms with Crippen molar-refractivity contribution in [3.05, 3.63) is 106 Å². The molecule has 0 bridgehead atoms. The lowest BCUT2D eigenvalue weighted by molar-refractivity contribution is 0.0973. The van der Waals surface area contributed by atoms with E-state index in [1.165, 1.54) is 11.0 Å². The lowest BCUT2D eigenvalue weighted by Crippen LogP contribution is -2.39. The average Bonchev–Trinajstić information content (AvgIpc) is 3.05. The molecule has 1 aliphatic heterocycles. The van der Waals surface area contributed by atoms with E-state index in [1.807, 2.05) is 6.07 Å². The van der Waals surface area contributed by atoms with E-state index >= 15 is 0 Å². The first kappa shape index (κ1) is 27.4. The van der Waals surface area contributed by atoms with E-state index < -0.39 is 0 Å². The second-order valence-corrected chi connectivity index (χ2v) is 9.24. The number of halogens is 2. The Balaban J connectivity index is 0.00000353. The maximum Gasteiger partial charge on any atom is 0.257 e. The van der Waals surface area contributed by atoms with Gasteiger partial charge >= 0.3 is 0 Å². The largest absolute Gasteiger partial charge is 0.349 e. The molecule has 4 aromatic rings. The van der Waals surface area contributed by atoms with Crippen LogP contribution in [-0.4, -0.2) is 46.5 Å². The number of aliphatic imine (C=N–C) groups is 1. The van der Waals surface area contributed by atoms with E-state index in [0.29, 0.717) is 44.8 Å². The van der Waals surface area contributed by atoms with Gasteiger partial charge in [0.15, 0.2) is 5.96 Å².